The molecule has 5 rings (SSSR count). The van der Waals surface area contributed by atoms with Gasteiger partial charge in [0.15, 0.2) is 0 Å². The number of aromatic nitrogens is 4. The Kier molecular flexibility index (Phi) is 4.03. The second kappa shape index (κ2) is 6.73. The van der Waals surface area contributed by atoms with Gasteiger partial charge in [0.25, 0.3) is 0 Å². The molecular formula is C23H18N4O3. The Balaban J connectivity index is 1.67. The van der Waals surface area contributed by atoms with E-state index in [4.69, 9.17) is 0 Å². The average molecular weight is 398 g/mol. The minimum absolute atomic E-state index is 0.370. The SMILES string of the molecule is Cc1cccc2c1n(-c1ccc(-c3cnn4ccccc34)cc1)c(=O)n2CC(=O)O. The molecule has 0 atom stereocenters. The first-order chi connectivity index (χ1) is 14.5. The molecule has 0 bridgehead atoms. The van der Waals surface area contributed by atoms with Gasteiger partial charge in [-0.3, -0.25) is 13.9 Å². The minimum atomic E-state index is -1.05. The van der Waals surface area contributed by atoms with Crippen molar-refractivity contribution in [1.29, 1.82) is 0 Å². The molecule has 0 saturated carbocycles. The highest BCUT2D eigenvalue weighted by atomic mass is 16.4. The first-order valence-corrected chi connectivity index (χ1v) is 9.50. The van der Waals surface area contributed by atoms with Gasteiger partial charge in [0, 0.05) is 11.8 Å². The van der Waals surface area contributed by atoms with Gasteiger partial charge in [0.1, 0.15) is 6.54 Å². The first kappa shape index (κ1) is 17.9. The molecule has 5 aromatic rings. The Bertz CT molecular complexity index is 1470. The van der Waals surface area contributed by atoms with Gasteiger partial charge in [-0.05, 0) is 48.4 Å². The van der Waals surface area contributed by atoms with Crippen LogP contribution in [0.1, 0.15) is 5.56 Å². The van der Waals surface area contributed by atoms with Gasteiger partial charge in [-0.25, -0.2) is 9.31 Å². The number of carboxylic acid groups (broad SMARTS) is 1. The molecule has 0 amide bonds. The summed E-state index contributed by atoms with van der Waals surface area (Å²) in [6.07, 6.45) is 3.71. The molecular weight excluding hydrogens is 380 g/mol. The van der Waals surface area contributed by atoms with Crippen molar-refractivity contribution in [3.8, 4) is 16.8 Å². The molecule has 30 heavy (non-hydrogen) atoms. The van der Waals surface area contributed by atoms with Gasteiger partial charge in [0.05, 0.1) is 28.4 Å². The topological polar surface area (TPSA) is 81.5 Å². The van der Waals surface area contributed by atoms with Gasteiger partial charge >= 0.3 is 11.7 Å². The van der Waals surface area contributed by atoms with Crippen molar-refractivity contribution in [2.24, 2.45) is 0 Å². The molecule has 148 valence electrons. The van der Waals surface area contributed by atoms with Gasteiger partial charge in [0.2, 0.25) is 0 Å². The predicted molar refractivity (Wildman–Crippen MR) is 114 cm³/mol. The number of hydrogen-bond acceptors (Lipinski definition) is 3. The molecule has 0 aliphatic rings. The summed E-state index contributed by atoms with van der Waals surface area (Å²) in [6.45, 7) is 1.53. The van der Waals surface area contributed by atoms with E-state index in [1.807, 2.05) is 78.4 Å². The molecule has 0 aliphatic heterocycles. The van der Waals surface area contributed by atoms with Crippen molar-refractivity contribution in [1.82, 2.24) is 18.7 Å². The van der Waals surface area contributed by atoms with E-state index in [9.17, 15) is 14.7 Å². The van der Waals surface area contributed by atoms with Crippen molar-refractivity contribution in [2.45, 2.75) is 13.5 Å². The van der Waals surface area contributed by atoms with E-state index >= 15 is 0 Å². The highest BCUT2D eigenvalue weighted by Gasteiger charge is 2.18. The molecule has 0 spiro atoms. The van der Waals surface area contributed by atoms with Crippen LogP contribution in [0.3, 0.4) is 0 Å². The zero-order chi connectivity index (χ0) is 20.8. The molecule has 1 N–H and O–H groups in total. The molecule has 0 radical (unpaired) electrons. The van der Waals surface area contributed by atoms with E-state index in [2.05, 4.69) is 5.10 Å². The summed E-state index contributed by atoms with van der Waals surface area (Å²) in [5, 5.41) is 13.6. The highest BCUT2D eigenvalue weighted by Crippen LogP contribution is 2.27. The molecule has 0 saturated heterocycles. The molecule has 7 heteroatoms. The molecule has 7 nitrogen and oxygen atoms in total. The molecule has 0 aliphatic carbocycles. The normalized spacial score (nSPS) is 11.4. The third-order valence-corrected chi connectivity index (χ3v) is 5.31. The van der Waals surface area contributed by atoms with Crippen LogP contribution in [0.15, 0.2) is 77.9 Å². The minimum Gasteiger partial charge on any atom is -0.480 e. The van der Waals surface area contributed by atoms with Gasteiger partial charge in [-0.2, -0.15) is 5.10 Å². The molecule has 3 heterocycles. The van der Waals surface area contributed by atoms with Crippen molar-refractivity contribution in [3.05, 3.63) is 89.1 Å². The maximum Gasteiger partial charge on any atom is 0.334 e. The number of para-hydroxylation sites is 1. The lowest BCUT2D eigenvalue weighted by molar-refractivity contribution is -0.137. The number of aryl methyl sites for hydroxylation is 1. The second-order valence-electron chi connectivity index (χ2n) is 7.18. The number of hydrogen-bond donors (Lipinski definition) is 1. The van der Waals surface area contributed by atoms with Crippen molar-refractivity contribution in [2.75, 3.05) is 0 Å². The molecule has 3 aromatic heterocycles. The molecule has 0 unspecified atom stereocenters. The summed E-state index contributed by atoms with van der Waals surface area (Å²) >= 11 is 0. The van der Waals surface area contributed by atoms with Crippen LogP contribution in [-0.4, -0.2) is 29.8 Å². The number of aliphatic carboxylic acids is 1. The molecule has 2 aromatic carbocycles. The molecule has 0 fully saturated rings. The fourth-order valence-electron chi connectivity index (χ4n) is 3.95. The number of carbonyl (C=O) groups is 1. The van der Waals surface area contributed by atoms with Crippen LogP contribution in [0.5, 0.6) is 0 Å². The lowest BCUT2D eigenvalue weighted by atomic mass is 10.1. The third-order valence-electron chi connectivity index (χ3n) is 5.31. The summed E-state index contributed by atoms with van der Waals surface area (Å²) in [4.78, 5) is 24.4. The maximum absolute atomic E-state index is 13.1. The summed E-state index contributed by atoms with van der Waals surface area (Å²) in [5.74, 6) is -1.05. The number of nitrogens with zero attached hydrogens (tertiary/aromatic N) is 4. The van der Waals surface area contributed by atoms with Crippen LogP contribution >= 0.6 is 0 Å². The van der Waals surface area contributed by atoms with Crippen LogP contribution in [0, 0.1) is 6.92 Å². The van der Waals surface area contributed by atoms with E-state index < -0.39 is 5.97 Å². The number of carboxylic acids is 1. The standard InChI is InChI=1S/C23H18N4O3/c1-15-5-4-7-20-22(15)27(23(30)25(20)14-21(28)29)17-10-8-16(9-11-17)18-13-24-26-12-3-2-6-19(18)26/h2-13H,14H2,1H3,(H,28,29). The Morgan fingerprint density at radius 2 is 1.77 bits per heavy atom. The largest absolute Gasteiger partial charge is 0.480 e. The summed E-state index contributed by atoms with van der Waals surface area (Å²) in [5.41, 5.74) is 5.52. The van der Waals surface area contributed by atoms with E-state index in [1.54, 1.807) is 10.6 Å². The number of pyridine rings is 1. The lowest BCUT2D eigenvalue weighted by Crippen LogP contribution is -2.26. The quantitative estimate of drug-likeness (QED) is 0.502. The fraction of sp³-hybridized carbons (Fsp3) is 0.0870. The second-order valence-corrected chi connectivity index (χ2v) is 7.18. The van der Waals surface area contributed by atoms with Gasteiger partial charge < -0.3 is 5.11 Å². The van der Waals surface area contributed by atoms with Crippen LogP contribution in [-0.2, 0) is 11.3 Å². The number of fused-ring (bicyclic) bond motifs is 2. The lowest BCUT2D eigenvalue weighted by Gasteiger charge is -2.07. The zero-order valence-corrected chi connectivity index (χ0v) is 16.2. The number of imidazole rings is 1. The zero-order valence-electron chi connectivity index (χ0n) is 16.2. The number of benzene rings is 2. The van der Waals surface area contributed by atoms with E-state index in [0.717, 1.165) is 22.2 Å². The Labute approximate surface area is 171 Å². The van der Waals surface area contributed by atoms with Crippen LogP contribution in [0.25, 0.3) is 33.4 Å². The highest BCUT2D eigenvalue weighted by molar-refractivity contribution is 5.84. The van der Waals surface area contributed by atoms with E-state index in [-0.39, 0.29) is 12.2 Å². The van der Waals surface area contributed by atoms with E-state index in [0.29, 0.717) is 16.7 Å². The van der Waals surface area contributed by atoms with Gasteiger partial charge in [-0.1, -0.05) is 30.3 Å². The van der Waals surface area contributed by atoms with Crippen molar-refractivity contribution in [3.63, 3.8) is 0 Å². The Hall–Kier alpha value is -4.13. The van der Waals surface area contributed by atoms with Crippen LogP contribution in [0.4, 0.5) is 0 Å². The van der Waals surface area contributed by atoms with Crippen LogP contribution in [0.2, 0.25) is 0 Å². The average Bonchev–Trinajstić information content (AvgIpc) is 3.29. The van der Waals surface area contributed by atoms with Crippen molar-refractivity contribution < 1.29 is 9.90 Å². The van der Waals surface area contributed by atoms with Gasteiger partial charge in [-0.15, -0.1) is 0 Å². The summed E-state index contributed by atoms with van der Waals surface area (Å²) in [6, 6.07) is 19.1. The Morgan fingerprint density at radius 1 is 1.00 bits per heavy atom. The number of rotatable bonds is 4. The third kappa shape index (κ3) is 2.71. The monoisotopic (exact) mass is 398 g/mol. The summed E-state index contributed by atoms with van der Waals surface area (Å²) < 4.78 is 4.69. The smallest absolute Gasteiger partial charge is 0.334 e. The summed E-state index contributed by atoms with van der Waals surface area (Å²) in [7, 11) is 0. The Morgan fingerprint density at radius 3 is 2.53 bits per heavy atom. The van der Waals surface area contributed by atoms with E-state index in [1.165, 1.54) is 4.57 Å². The fourth-order valence-corrected chi connectivity index (χ4v) is 3.95. The van der Waals surface area contributed by atoms with Crippen molar-refractivity contribution >= 4 is 22.5 Å². The maximum atomic E-state index is 13.1. The predicted octanol–water partition coefficient (Wildman–Crippen LogP) is 3.50. The van der Waals surface area contributed by atoms with Crippen LogP contribution < -0.4 is 5.69 Å². The first-order valence-electron chi connectivity index (χ1n) is 9.50.